The second-order valence-corrected chi connectivity index (χ2v) is 5.27. The lowest BCUT2D eigenvalue weighted by Crippen LogP contribution is -2.46. The van der Waals surface area contributed by atoms with Crippen molar-refractivity contribution < 1.29 is 9.59 Å². The summed E-state index contributed by atoms with van der Waals surface area (Å²) in [5.41, 5.74) is 5.94. The summed E-state index contributed by atoms with van der Waals surface area (Å²) in [5.74, 6) is 0.405. The van der Waals surface area contributed by atoms with Crippen molar-refractivity contribution in [2.24, 2.45) is 11.7 Å². The Morgan fingerprint density at radius 2 is 2.16 bits per heavy atom. The van der Waals surface area contributed by atoms with Crippen molar-refractivity contribution in [1.82, 2.24) is 15.1 Å². The lowest BCUT2D eigenvalue weighted by Gasteiger charge is -2.35. The summed E-state index contributed by atoms with van der Waals surface area (Å²) in [6.45, 7) is 5.43. The molecule has 0 aromatic heterocycles. The molecule has 2 saturated heterocycles. The smallest absolute Gasteiger partial charge is 0.324 e. The van der Waals surface area contributed by atoms with E-state index in [0.717, 1.165) is 26.1 Å². The van der Waals surface area contributed by atoms with Crippen LogP contribution in [-0.2, 0) is 4.79 Å². The third-order valence-electron chi connectivity index (χ3n) is 3.86. The topological polar surface area (TPSA) is 78.7 Å². The number of imide groups is 1. The van der Waals surface area contributed by atoms with Gasteiger partial charge in [0.05, 0.1) is 6.54 Å². The Morgan fingerprint density at radius 1 is 1.42 bits per heavy atom. The van der Waals surface area contributed by atoms with Crippen LogP contribution < -0.4 is 11.1 Å². The molecule has 0 aromatic carbocycles. The van der Waals surface area contributed by atoms with E-state index in [9.17, 15) is 9.59 Å². The molecule has 110 valence electrons. The van der Waals surface area contributed by atoms with Gasteiger partial charge in [0.25, 0.3) is 0 Å². The number of hydrogen-bond donors (Lipinski definition) is 2. The predicted octanol–water partition coefficient (Wildman–Crippen LogP) is 0.0192. The first-order valence-corrected chi connectivity index (χ1v) is 6.64. The average molecular weight is 291 g/mol. The van der Waals surface area contributed by atoms with Crippen molar-refractivity contribution in [2.45, 2.75) is 25.8 Å². The highest BCUT2D eigenvalue weighted by molar-refractivity contribution is 6.01. The van der Waals surface area contributed by atoms with E-state index in [-0.39, 0.29) is 36.9 Å². The molecule has 0 bridgehead atoms. The highest BCUT2D eigenvalue weighted by Gasteiger charge is 2.29. The number of carbonyl (C=O) groups is 2. The fourth-order valence-electron chi connectivity index (χ4n) is 2.65. The maximum Gasteiger partial charge on any atom is 0.324 e. The van der Waals surface area contributed by atoms with Gasteiger partial charge in [-0.3, -0.25) is 9.69 Å². The molecule has 0 aliphatic carbocycles. The van der Waals surface area contributed by atoms with Gasteiger partial charge in [0.15, 0.2) is 0 Å². The number of likely N-dealkylation sites (tertiary alicyclic amines) is 1. The van der Waals surface area contributed by atoms with E-state index in [4.69, 9.17) is 5.73 Å². The quantitative estimate of drug-likeness (QED) is 0.716. The van der Waals surface area contributed by atoms with Crippen LogP contribution in [0.4, 0.5) is 4.79 Å². The first kappa shape index (κ1) is 16.2. The Hall–Kier alpha value is -0.850. The summed E-state index contributed by atoms with van der Waals surface area (Å²) in [6, 6.07) is -0.0507. The lowest BCUT2D eigenvalue weighted by molar-refractivity contribution is -0.125. The number of rotatable bonds is 4. The fourth-order valence-corrected chi connectivity index (χ4v) is 2.65. The van der Waals surface area contributed by atoms with E-state index < -0.39 is 0 Å². The van der Waals surface area contributed by atoms with E-state index in [0.29, 0.717) is 12.5 Å². The van der Waals surface area contributed by atoms with Crippen molar-refractivity contribution >= 4 is 24.3 Å². The number of halogens is 1. The number of nitrogens with zero attached hydrogens (tertiary/aromatic N) is 2. The summed E-state index contributed by atoms with van der Waals surface area (Å²) in [6.07, 6.45) is 2.32. The number of nitrogens with two attached hydrogens (primary N) is 1. The van der Waals surface area contributed by atoms with Crippen LogP contribution in [0.3, 0.4) is 0 Å². The van der Waals surface area contributed by atoms with Gasteiger partial charge in [-0.05, 0) is 32.2 Å². The zero-order valence-electron chi connectivity index (χ0n) is 11.3. The molecule has 3 amide bonds. The van der Waals surface area contributed by atoms with Gasteiger partial charge < -0.3 is 16.0 Å². The standard InChI is InChI=1S/C12H22N4O2.ClH/c1-9(13)10-3-2-4-15(8-10)5-6-16-11(17)7-14-12(16)18;/h9-10H,2-8,13H2,1H3,(H,14,18);1H. The summed E-state index contributed by atoms with van der Waals surface area (Å²) in [5, 5.41) is 2.53. The minimum atomic E-state index is -0.263. The molecule has 2 heterocycles. The maximum absolute atomic E-state index is 11.4. The number of hydrogen-bond acceptors (Lipinski definition) is 4. The van der Waals surface area contributed by atoms with Crippen LogP contribution in [0.2, 0.25) is 0 Å². The van der Waals surface area contributed by atoms with Gasteiger partial charge in [0.2, 0.25) is 5.91 Å². The van der Waals surface area contributed by atoms with Crippen LogP contribution in [0.1, 0.15) is 19.8 Å². The molecule has 0 aromatic rings. The molecule has 0 saturated carbocycles. The van der Waals surface area contributed by atoms with Gasteiger partial charge in [-0.15, -0.1) is 12.4 Å². The molecule has 19 heavy (non-hydrogen) atoms. The predicted molar refractivity (Wildman–Crippen MR) is 75.2 cm³/mol. The zero-order valence-corrected chi connectivity index (χ0v) is 12.1. The second-order valence-electron chi connectivity index (χ2n) is 5.27. The van der Waals surface area contributed by atoms with E-state index in [2.05, 4.69) is 10.2 Å². The van der Waals surface area contributed by atoms with Crippen LogP contribution >= 0.6 is 12.4 Å². The van der Waals surface area contributed by atoms with Crippen LogP contribution in [0.15, 0.2) is 0 Å². The molecule has 2 aliphatic heterocycles. The van der Waals surface area contributed by atoms with Crippen molar-refractivity contribution in [3.63, 3.8) is 0 Å². The molecule has 2 unspecified atom stereocenters. The molecule has 7 heteroatoms. The SMILES string of the molecule is CC(N)C1CCCN(CCN2C(=O)CNC2=O)C1.Cl. The van der Waals surface area contributed by atoms with Gasteiger partial charge in [-0.1, -0.05) is 0 Å². The largest absolute Gasteiger partial charge is 0.329 e. The molecular formula is C12H23ClN4O2. The third kappa shape index (κ3) is 4.06. The number of urea groups is 1. The zero-order chi connectivity index (χ0) is 13.1. The Labute approximate surface area is 120 Å². The summed E-state index contributed by atoms with van der Waals surface area (Å²) >= 11 is 0. The van der Waals surface area contributed by atoms with Crippen LogP contribution in [0.5, 0.6) is 0 Å². The Kier molecular flexibility index (Phi) is 6.03. The molecule has 2 fully saturated rings. The highest BCUT2D eigenvalue weighted by atomic mass is 35.5. The van der Waals surface area contributed by atoms with E-state index in [1.165, 1.54) is 11.3 Å². The molecule has 3 N–H and O–H groups in total. The van der Waals surface area contributed by atoms with Crippen molar-refractivity contribution in [2.75, 3.05) is 32.7 Å². The number of piperidine rings is 1. The van der Waals surface area contributed by atoms with Crippen LogP contribution in [-0.4, -0.2) is 60.5 Å². The van der Waals surface area contributed by atoms with Crippen molar-refractivity contribution in [3.05, 3.63) is 0 Å². The molecule has 2 rings (SSSR count). The number of carbonyl (C=O) groups excluding carboxylic acids is 2. The Morgan fingerprint density at radius 3 is 2.74 bits per heavy atom. The van der Waals surface area contributed by atoms with E-state index in [1.54, 1.807) is 0 Å². The third-order valence-corrected chi connectivity index (χ3v) is 3.86. The normalized spacial score (nSPS) is 26.0. The number of nitrogens with one attached hydrogen (secondary N) is 1. The van der Waals surface area contributed by atoms with Gasteiger partial charge in [0, 0.05) is 25.7 Å². The van der Waals surface area contributed by atoms with Crippen molar-refractivity contribution in [1.29, 1.82) is 0 Å². The molecule has 2 atom stereocenters. The minimum absolute atomic E-state index is 0. The molecule has 0 radical (unpaired) electrons. The number of amides is 3. The summed E-state index contributed by atoms with van der Waals surface area (Å²) in [4.78, 5) is 26.4. The maximum atomic E-state index is 11.4. The Balaban J connectivity index is 0.00000180. The fraction of sp³-hybridized carbons (Fsp3) is 0.833. The van der Waals surface area contributed by atoms with Crippen molar-refractivity contribution in [3.8, 4) is 0 Å². The monoisotopic (exact) mass is 290 g/mol. The average Bonchev–Trinajstić information content (AvgIpc) is 2.67. The van der Waals surface area contributed by atoms with E-state index >= 15 is 0 Å². The summed E-state index contributed by atoms with van der Waals surface area (Å²) in [7, 11) is 0. The van der Waals surface area contributed by atoms with Gasteiger partial charge in [-0.25, -0.2) is 4.79 Å². The Bertz CT molecular complexity index is 322. The first-order chi connectivity index (χ1) is 8.58. The van der Waals surface area contributed by atoms with Gasteiger partial charge >= 0.3 is 6.03 Å². The van der Waals surface area contributed by atoms with E-state index in [1.807, 2.05) is 6.92 Å². The minimum Gasteiger partial charge on any atom is -0.329 e. The van der Waals surface area contributed by atoms with Gasteiger partial charge in [0.1, 0.15) is 0 Å². The van der Waals surface area contributed by atoms with Gasteiger partial charge in [-0.2, -0.15) is 0 Å². The molecular weight excluding hydrogens is 268 g/mol. The first-order valence-electron chi connectivity index (χ1n) is 6.64. The second kappa shape index (κ2) is 7.07. The summed E-state index contributed by atoms with van der Waals surface area (Å²) < 4.78 is 0. The molecule has 2 aliphatic rings. The van der Waals surface area contributed by atoms with Crippen LogP contribution in [0.25, 0.3) is 0 Å². The molecule has 0 spiro atoms. The molecule has 6 nitrogen and oxygen atoms in total. The highest BCUT2D eigenvalue weighted by Crippen LogP contribution is 2.18. The lowest BCUT2D eigenvalue weighted by atomic mass is 9.92. The van der Waals surface area contributed by atoms with Crippen LogP contribution in [0, 0.1) is 5.92 Å².